The van der Waals surface area contributed by atoms with Crippen molar-refractivity contribution in [3.8, 4) is 11.5 Å². The minimum absolute atomic E-state index is 0.0441. The van der Waals surface area contributed by atoms with Crippen LogP contribution in [0.15, 0.2) is 24.3 Å². The lowest BCUT2D eigenvalue weighted by atomic mass is 10.2. The monoisotopic (exact) mass is 399 g/mol. The van der Waals surface area contributed by atoms with E-state index in [1.54, 1.807) is 6.92 Å². The summed E-state index contributed by atoms with van der Waals surface area (Å²) in [7, 11) is -0.650. The summed E-state index contributed by atoms with van der Waals surface area (Å²) in [5.74, 6) is 1.97. The minimum Gasteiger partial charge on any atom is -0.457 e. The van der Waals surface area contributed by atoms with Crippen LogP contribution in [0.25, 0.3) is 0 Å². The highest BCUT2D eigenvalue weighted by molar-refractivity contribution is 8.14. The van der Waals surface area contributed by atoms with E-state index in [0.29, 0.717) is 0 Å². The van der Waals surface area contributed by atoms with E-state index in [2.05, 4.69) is 32.2 Å². The molecule has 0 spiro atoms. The molecule has 26 heavy (non-hydrogen) atoms. The molecule has 0 amide bonds. The number of carbonyl (C=O) groups excluding carboxylic acids is 1. The van der Waals surface area contributed by atoms with Crippen molar-refractivity contribution < 1.29 is 18.7 Å². The average Bonchev–Trinajstić information content (AvgIpc) is 2.56. The fraction of sp³-hybridized carbons (Fsp3) is 0.632. The Kier molecular flexibility index (Phi) is 10.5. The maximum Gasteiger partial charge on any atom is 0.217 e. The van der Waals surface area contributed by atoms with Crippen LogP contribution in [0.4, 0.5) is 0 Å². The summed E-state index contributed by atoms with van der Waals surface area (Å²) in [6.07, 6.45) is 1.62. The summed E-state index contributed by atoms with van der Waals surface area (Å²) in [5, 5.41) is -0.744. The van der Waals surface area contributed by atoms with E-state index < -0.39 is 14.9 Å². The van der Waals surface area contributed by atoms with Gasteiger partial charge in [-0.1, -0.05) is 39.8 Å². The second kappa shape index (κ2) is 11.8. The molecule has 2 unspecified atom stereocenters. The number of benzene rings is 1. The Balaban J connectivity index is 0.000000389. The fourth-order valence-corrected chi connectivity index (χ4v) is 4.94. The normalized spacial score (nSPS) is 15.7. The summed E-state index contributed by atoms with van der Waals surface area (Å²) in [4.78, 5) is 13.7. The Morgan fingerprint density at radius 1 is 1.31 bits per heavy atom. The molecule has 0 saturated heterocycles. The second-order valence-electron chi connectivity index (χ2n) is 5.97. The number of ether oxygens (including phenoxy) is 2. The van der Waals surface area contributed by atoms with Crippen molar-refractivity contribution in [2.45, 2.75) is 65.4 Å². The lowest BCUT2D eigenvalue weighted by molar-refractivity contribution is -0.187. The molecule has 1 aromatic rings. The molecule has 5 nitrogen and oxygen atoms in total. The van der Waals surface area contributed by atoms with Gasteiger partial charge < -0.3 is 13.9 Å². The number of thioether (sulfide) groups is 1. The smallest absolute Gasteiger partial charge is 0.217 e. The molecule has 148 valence electrons. The van der Waals surface area contributed by atoms with Gasteiger partial charge in [0.1, 0.15) is 17.7 Å². The molecule has 0 fully saturated rings. The third kappa shape index (κ3) is 7.40. The van der Waals surface area contributed by atoms with E-state index in [1.807, 2.05) is 31.2 Å². The van der Waals surface area contributed by atoms with E-state index in [-0.39, 0.29) is 11.3 Å². The van der Waals surface area contributed by atoms with Gasteiger partial charge in [0.2, 0.25) is 5.12 Å². The number of hydrogen-bond acceptors (Lipinski definition) is 6. The van der Waals surface area contributed by atoms with Gasteiger partial charge in [-0.05, 0) is 43.9 Å². The molecule has 2 bridgehead atoms. The Hall–Kier alpha value is -0.863. The topological polar surface area (TPSA) is 48.0 Å². The Labute approximate surface area is 164 Å². The highest BCUT2D eigenvalue weighted by atomic mass is 32.2. The molecule has 0 radical (unpaired) electrons. The third-order valence-corrected chi connectivity index (χ3v) is 5.92. The molecule has 2 aliphatic rings. The summed E-state index contributed by atoms with van der Waals surface area (Å²) in [6.45, 7) is 13.8. The van der Waals surface area contributed by atoms with Gasteiger partial charge >= 0.3 is 0 Å². The van der Waals surface area contributed by atoms with Gasteiger partial charge in [0.25, 0.3) is 0 Å². The van der Waals surface area contributed by atoms with Crippen LogP contribution in [0.5, 0.6) is 11.5 Å². The number of hydrogen-bond donors (Lipinski definition) is 0. The van der Waals surface area contributed by atoms with Crippen molar-refractivity contribution >= 4 is 26.6 Å². The van der Waals surface area contributed by atoms with Crippen LogP contribution in [-0.2, 0) is 14.0 Å². The molecule has 1 aromatic carbocycles. The molecule has 3 rings (SSSR count). The zero-order chi connectivity index (χ0) is 19.6. The Morgan fingerprint density at radius 3 is 2.19 bits per heavy atom. The van der Waals surface area contributed by atoms with Gasteiger partial charge in [-0.3, -0.25) is 9.69 Å². The zero-order valence-corrected chi connectivity index (χ0v) is 19.1. The van der Waals surface area contributed by atoms with Crippen molar-refractivity contribution in [3.63, 3.8) is 0 Å². The number of carbonyl (C=O) groups is 1. The largest absolute Gasteiger partial charge is 0.457 e. The van der Waals surface area contributed by atoms with Crippen LogP contribution in [0.2, 0.25) is 6.55 Å². The molecule has 0 aromatic heterocycles. The van der Waals surface area contributed by atoms with Crippen LogP contribution < -0.4 is 4.74 Å². The minimum atomic E-state index is -0.788. The summed E-state index contributed by atoms with van der Waals surface area (Å²) >= 11 is 1.19. The zero-order valence-electron chi connectivity index (χ0n) is 16.9. The van der Waals surface area contributed by atoms with Crippen LogP contribution in [0.3, 0.4) is 0 Å². The van der Waals surface area contributed by atoms with Crippen molar-refractivity contribution in [1.29, 1.82) is 0 Å². The van der Waals surface area contributed by atoms with Gasteiger partial charge in [0.15, 0.2) is 14.9 Å². The van der Waals surface area contributed by atoms with E-state index >= 15 is 0 Å². The van der Waals surface area contributed by atoms with Crippen LogP contribution in [-0.4, -0.2) is 44.2 Å². The predicted octanol–water partition coefficient (Wildman–Crippen LogP) is 4.37. The highest BCUT2D eigenvalue weighted by Gasteiger charge is 2.36. The quantitative estimate of drug-likeness (QED) is 0.437. The van der Waals surface area contributed by atoms with Crippen molar-refractivity contribution in [2.24, 2.45) is 0 Å². The Morgan fingerprint density at radius 2 is 1.88 bits per heavy atom. The maximum atomic E-state index is 11.5. The fourth-order valence-electron chi connectivity index (χ4n) is 2.77. The summed E-state index contributed by atoms with van der Waals surface area (Å²) < 4.78 is 17.1. The van der Waals surface area contributed by atoms with Gasteiger partial charge in [0.05, 0.1) is 0 Å². The van der Waals surface area contributed by atoms with Crippen LogP contribution >= 0.6 is 11.8 Å². The summed E-state index contributed by atoms with van der Waals surface area (Å²) in [5.41, 5.74) is 0. The van der Waals surface area contributed by atoms with E-state index in [4.69, 9.17) is 13.9 Å². The predicted molar refractivity (Wildman–Crippen MR) is 111 cm³/mol. The SMILES string of the molecule is CCCC(O[SiH2]C)(OC(C)N(CC)CC)SC(C)=O.c1cc2cc(c1)O2. The molecule has 2 atom stereocenters. The first-order chi connectivity index (χ1) is 12.4. The van der Waals surface area contributed by atoms with Crippen LogP contribution in [0.1, 0.15) is 47.5 Å². The first kappa shape index (κ1) is 23.2. The lowest BCUT2D eigenvalue weighted by Crippen LogP contribution is -2.44. The lowest BCUT2D eigenvalue weighted by Gasteiger charge is -2.38. The van der Waals surface area contributed by atoms with E-state index in [9.17, 15) is 4.79 Å². The number of rotatable bonds is 10. The average molecular weight is 400 g/mol. The second-order valence-corrected chi connectivity index (χ2v) is 8.24. The van der Waals surface area contributed by atoms with E-state index in [0.717, 1.165) is 37.4 Å². The highest BCUT2D eigenvalue weighted by Crippen LogP contribution is 2.35. The molecule has 0 saturated carbocycles. The van der Waals surface area contributed by atoms with Crippen molar-refractivity contribution in [2.75, 3.05) is 13.1 Å². The maximum absolute atomic E-state index is 11.5. The molecule has 0 N–H and O–H groups in total. The van der Waals surface area contributed by atoms with Crippen LogP contribution in [0, 0.1) is 0 Å². The standard InChI is InChI=1S/C13H29NO3SSi.C6H4O/c1-7-10-13(17-19-6,18-12(5)15)16-11(4)14(8-2)9-3;1-2-5-4-6(3-1)7-5/h11H,7-10,19H2,1-6H3;1-4H. The molecule has 7 heteroatoms. The number of fused-ring (bicyclic) bond motifs is 2. The third-order valence-electron chi connectivity index (χ3n) is 3.94. The van der Waals surface area contributed by atoms with Gasteiger partial charge in [-0.15, -0.1) is 0 Å². The first-order valence-electron chi connectivity index (χ1n) is 9.42. The van der Waals surface area contributed by atoms with Gasteiger partial charge in [-0.25, -0.2) is 0 Å². The van der Waals surface area contributed by atoms with Crippen molar-refractivity contribution in [1.82, 2.24) is 4.90 Å². The summed E-state index contributed by atoms with van der Waals surface area (Å²) in [6, 6.07) is 7.86. The molecular weight excluding hydrogens is 366 g/mol. The Bertz CT molecular complexity index is 523. The molecular formula is C19H33NO4SSi. The molecule has 2 aliphatic heterocycles. The van der Waals surface area contributed by atoms with Gasteiger partial charge in [-0.2, -0.15) is 0 Å². The van der Waals surface area contributed by atoms with E-state index in [1.165, 1.54) is 11.8 Å². The molecule has 0 aliphatic carbocycles. The van der Waals surface area contributed by atoms with Crippen molar-refractivity contribution in [3.05, 3.63) is 24.3 Å². The first-order valence-corrected chi connectivity index (χ1v) is 12.2. The molecule has 2 heterocycles. The number of nitrogens with zero attached hydrogens (tertiary/aromatic N) is 1. The van der Waals surface area contributed by atoms with Gasteiger partial charge in [0, 0.05) is 19.4 Å².